The molecule has 1 aromatic rings. The van der Waals surface area contributed by atoms with Gasteiger partial charge in [0.2, 0.25) is 0 Å². The van der Waals surface area contributed by atoms with Gasteiger partial charge >= 0.3 is 0 Å². The van der Waals surface area contributed by atoms with Gasteiger partial charge in [0.1, 0.15) is 0 Å². The summed E-state index contributed by atoms with van der Waals surface area (Å²) in [7, 11) is 0. The Morgan fingerprint density at radius 3 is 1.62 bits per heavy atom. The Morgan fingerprint density at radius 1 is 0.846 bits per heavy atom. The molecule has 0 unspecified atom stereocenters. The molecule has 0 aliphatic rings. The van der Waals surface area contributed by atoms with Crippen molar-refractivity contribution in [3.05, 3.63) is 23.8 Å². The minimum atomic E-state index is -0.0689. The Bertz CT molecular complexity index is 219. The third-order valence-corrected chi connectivity index (χ3v) is 1.13. The van der Waals surface area contributed by atoms with Crippen molar-refractivity contribution in [3.8, 4) is 11.5 Å². The summed E-state index contributed by atoms with van der Waals surface area (Å²) in [6.07, 6.45) is 0. The van der Waals surface area contributed by atoms with Crippen LogP contribution < -0.4 is 0 Å². The molecule has 0 aliphatic heterocycles. The van der Waals surface area contributed by atoms with Gasteiger partial charge in [0.15, 0.2) is 11.5 Å². The molecule has 0 fully saturated rings. The standard InChI is InChI=1S/C7H8O2.2C2H6/c1-5-2-3-6(8)7(9)4-5;2*1-2/h2-4,8-9H,1H3;2*1-2H3. The maximum Gasteiger partial charge on any atom is 0.157 e. The highest BCUT2D eigenvalue weighted by atomic mass is 16.3. The fourth-order valence-corrected chi connectivity index (χ4v) is 0.633. The SMILES string of the molecule is CC.CC.Cc1ccc(O)c(O)c1. The average molecular weight is 184 g/mol. The van der Waals surface area contributed by atoms with E-state index in [1.54, 1.807) is 6.07 Å². The van der Waals surface area contributed by atoms with Crippen LogP contribution >= 0.6 is 0 Å². The molecule has 0 atom stereocenters. The maximum absolute atomic E-state index is 8.85. The summed E-state index contributed by atoms with van der Waals surface area (Å²) in [4.78, 5) is 0. The van der Waals surface area contributed by atoms with Crippen molar-refractivity contribution in [3.63, 3.8) is 0 Å². The van der Waals surface area contributed by atoms with Gasteiger partial charge in [-0.05, 0) is 24.6 Å². The van der Waals surface area contributed by atoms with Crippen LogP contribution in [0.2, 0.25) is 0 Å². The lowest BCUT2D eigenvalue weighted by Gasteiger charge is -1.95. The Morgan fingerprint density at radius 2 is 1.31 bits per heavy atom. The van der Waals surface area contributed by atoms with Crippen molar-refractivity contribution in [2.45, 2.75) is 34.6 Å². The molecule has 2 N–H and O–H groups in total. The van der Waals surface area contributed by atoms with E-state index < -0.39 is 0 Å². The van der Waals surface area contributed by atoms with Crippen LogP contribution in [0.5, 0.6) is 11.5 Å². The van der Waals surface area contributed by atoms with E-state index >= 15 is 0 Å². The lowest BCUT2D eigenvalue weighted by atomic mass is 10.2. The van der Waals surface area contributed by atoms with E-state index in [9.17, 15) is 0 Å². The minimum Gasteiger partial charge on any atom is -0.504 e. The molecule has 0 spiro atoms. The number of rotatable bonds is 0. The van der Waals surface area contributed by atoms with E-state index in [1.165, 1.54) is 12.1 Å². The third kappa shape index (κ3) is 6.02. The van der Waals surface area contributed by atoms with E-state index in [0.29, 0.717) is 0 Å². The van der Waals surface area contributed by atoms with Crippen molar-refractivity contribution in [2.24, 2.45) is 0 Å². The van der Waals surface area contributed by atoms with Crippen molar-refractivity contribution in [1.29, 1.82) is 0 Å². The van der Waals surface area contributed by atoms with Gasteiger partial charge in [-0.2, -0.15) is 0 Å². The Hall–Kier alpha value is -1.18. The van der Waals surface area contributed by atoms with Crippen molar-refractivity contribution in [1.82, 2.24) is 0 Å². The second-order valence-corrected chi connectivity index (χ2v) is 1.99. The van der Waals surface area contributed by atoms with Gasteiger partial charge in [-0.1, -0.05) is 33.8 Å². The van der Waals surface area contributed by atoms with Crippen LogP contribution in [0.4, 0.5) is 0 Å². The molecule has 0 saturated heterocycles. The predicted octanol–water partition coefficient (Wildman–Crippen LogP) is 3.46. The van der Waals surface area contributed by atoms with Crippen LogP contribution in [0.25, 0.3) is 0 Å². The Kier molecular flexibility index (Phi) is 9.84. The van der Waals surface area contributed by atoms with E-state index in [2.05, 4.69) is 0 Å². The van der Waals surface area contributed by atoms with Crippen LogP contribution in [0.3, 0.4) is 0 Å². The highest BCUT2D eigenvalue weighted by Crippen LogP contribution is 2.23. The first-order valence-corrected chi connectivity index (χ1v) is 4.69. The average Bonchev–Trinajstić information content (AvgIpc) is 2.18. The number of phenols is 2. The number of hydrogen-bond acceptors (Lipinski definition) is 2. The third-order valence-electron chi connectivity index (χ3n) is 1.13. The zero-order valence-corrected chi connectivity index (χ0v) is 9.13. The molecular weight excluding hydrogens is 164 g/mol. The molecular formula is C11H20O2. The lowest BCUT2D eigenvalue weighted by molar-refractivity contribution is 0.403. The van der Waals surface area contributed by atoms with E-state index in [0.717, 1.165) is 5.56 Å². The van der Waals surface area contributed by atoms with Crippen LogP contribution in [-0.4, -0.2) is 10.2 Å². The number of hydrogen-bond donors (Lipinski definition) is 2. The summed E-state index contributed by atoms with van der Waals surface area (Å²) < 4.78 is 0. The van der Waals surface area contributed by atoms with Crippen molar-refractivity contribution >= 4 is 0 Å². The number of phenolic OH excluding ortho intramolecular Hbond substituents is 2. The first kappa shape index (κ1) is 14.3. The monoisotopic (exact) mass is 184 g/mol. The number of benzene rings is 1. The fourth-order valence-electron chi connectivity index (χ4n) is 0.633. The summed E-state index contributed by atoms with van der Waals surface area (Å²) in [6, 6.07) is 4.70. The Balaban J connectivity index is 0. The van der Waals surface area contributed by atoms with E-state index in [-0.39, 0.29) is 11.5 Å². The van der Waals surface area contributed by atoms with Gasteiger partial charge in [0, 0.05) is 0 Å². The summed E-state index contributed by atoms with van der Waals surface area (Å²) in [6.45, 7) is 9.85. The topological polar surface area (TPSA) is 40.5 Å². The molecule has 1 rings (SSSR count). The molecule has 1 aromatic carbocycles. The van der Waals surface area contributed by atoms with Gasteiger partial charge in [-0.15, -0.1) is 0 Å². The van der Waals surface area contributed by atoms with Crippen LogP contribution in [0.1, 0.15) is 33.3 Å². The van der Waals surface area contributed by atoms with Gasteiger partial charge in [0.25, 0.3) is 0 Å². The molecule has 0 aromatic heterocycles. The number of aryl methyl sites for hydroxylation is 1. The van der Waals surface area contributed by atoms with Crippen LogP contribution in [0, 0.1) is 6.92 Å². The second-order valence-electron chi connectivity index (χ2n) is 1.99. The first-order chi connectivity index (χ1) is 6.20. The van der Waals surface area contributed by atoms with Gasteiger partial charge in [-0.3, -0.25) is 0 Å². The highest BCUT2D eigenvalue weighted by molar-refractivity contribution is 5.39. The van der Waals surface area contributed by atoms with Gasteiger partial charge in [0.05, 0.1) is 0 Å². The summed E-state index contributed by atoms with van der Waals surface area (Å²) in [5.74, 6) is -0.129. The molecule has 0 aliphatic carbocycles. The number of aromatic hydroxyl groups is 2. The lowest BCUT2D eigenvalue weighted by Crippen LogP contribution is -1.70. The second kappa shape index (κ2) is 8.91. The summed E-state index contributed by atoms with van der Waals surface area (Å²) >= 11 is 0. The van der Waals surface area contributed by atoms with E-state index in [4.69, 9.17) is 10.2 Å². The molecule has 76 valence electrons. The summed E-state index contributed by atoms with van der Waals surface area (Å²) in [5, 5.41) is 17.6. The molecule has 0 heterocycles. The molecule has 13 heavy (non-hydrogen) atoms. The molecule has 2 heteroatoms. The Labute approximate surface area is 80.9 Å². The zero-order valence-electron chi connectivity index (χ0n) is 9.13. The van der Waals surface area contributed by atoms with Gasteiger partial charge in [-0.25, -0.2) is 0 Å². The van der Waals surface area contributed by atoms with Crippen molar-refractivity contribution < 1.29 is 10.2 Å². The molecule has 0 radical (unpaired) electrons. The summed E-state index contributed by atoms with van der Waals surface area (Å²) in [5.41, 5.74) is 0.935. The maximum atomic E-state index is 8.85. The molecule has 0 saturated carbocycles. The van der Waals surface area contributed by atoms with Crippen LogP contribution in [0.15, 0.2) is 18.2 Å². The molecule has 0 amide bonds. The zero-order chi connectivity index (χ0) is 10.9. The minimum absolute atomic E-state index is 0.0602. The van der Waals surface area contributed by atoms with Gasteiger partial charge < -0.3 is 10.2 Å². The quantitative estimate of drug-likeness (QED) is 0.606. The van der Waals surface area contributed by atoms with Crippen molar-refractivity contribution in [2.75, 3.05) is 0 Å². The first-order valence-electron chi connectivity index (χ1n) is 4.69. The fraction of sp³-hybridized carbons (Fsp3) is 0.455. The van der Waals surface area contributed by atoms with Crippen LogP contribution in [-0.2, 0) is 0 Å². The van der Waals surface area contributed by atoms with E-state index in [1.807, 2.05) is 34.6 Å². The predicted molar refractivity (Wildman–Crippen MR) is 57.2 cm³/mol. The highest BCUT2D eigenvalue weighted by Gasteiger charge is 1.94. The molecule has 2 nitrogen and oxygen atoms in total. The largest absolute Gasteiger partial charge is 0.504 e. The normalized spacial score (nSPS) is 7.46. The molecule has 0 bridgehead atoms. The smallest absolute Gasteiger partial charge is 0.157 e.